The summed E-state index contributed by atoms with van der Waals surface area (Å²) in [5, 5.41) is 9.42. The molecule has 1 rings (SSSR count). The molecule has 0 unspecified atom stereocenters. The molecule has 4 heteroatoms. The molecule has 0 fully saturated rings. The Bertz CT molecular complexity index is 235. The summed E-state index contributed by atoms with van der Waals surface area (Å²) in [6.07, 6.45) is 7.54. The number of nitrogens with two attached hydrogens (primary N) is 1. The molecule has 1 aromatic rings. The molecule has 0 saturated heterocycles. The molecule has 0 aromatic carbocycles. The van der Waals surface area contributed by atoms with E-state index in [-0.39, 0.29) is 0 Å². The van der Waals surface area contributed by atoms with Gasteiger partial charge in [0, 0.05) is 6.42 Å². The molecule has 13 heavy (non-hydrogen) atoms. The molecule has 0 amide bonds. The van der Waals surface area contributed by atoms with E-state index in [0.717, 1.165) is 11.4 Å². The summed E-state index contributed by atoms with van der Waals surface area (Å²) in [6.45, 7) is 2.23. The van der Waals surface area contributed by atoms with Gasteiger partial charge in [0.2, 0.25) is 5.13 Å². The monoisotopic (exact) mass is 199 g/mol. The minimum atomic E-state index is 0.587. The van der Waals surface area contributed by atoms with Crippen molar-refractivity contribution in [3.8, 4) is 0 Å². The Morgan fingerprint density at radius 1 is 1.15 bits per heavy atom. The van der Waals surface area contributed by atoms with Gasteiger partial charge in [-0.1, -0.05) is 43.9 Å². The lowest BCUT2D eigenvalue weighted by Gasteiger charge is -1.96. The second-order valence-corrected chi connectivity index (χ2v) is 4.29. The topological polar surface area (TPSA) is 51.8 Å². The third kappa shape index (κ3) is 4.22. The van der Waals surface area contributed by atoms with Crippen molar-refractivity contribution < 1.29 is 0 Å². The SMILES string of the molecule is CCCCCCCc1nnc(N)s1. The first-order valence-corrected chi connectivity index (χ1v) is 5.72. The summed E-state index contributed by atoms with van der Waals surface area (Å²) in [7, 11) is 0. The molecule has 0 bridgehead atoms. The Hall–Kier alpha value is -0.640. The van der Waals surface area contributed by atoms with E-state index in [1.807, 2.05) is 0 Å². The maximum Gasteiger partial charge on any atom is 0.203 e. The van der Waals surface area contributed by atoms with E-state index >= 15 is 0 Å². The molecule has 0 saturated carbocycles. The zero-order valence-corrected chi connectivity index (χ0v) is 8.94. The van der Waals surface area contributed by atoms with Crippen LogP contribution in [0.3, 0.4) is 0 Å². The fourth-order valence-corrected chi connectivity index (χ4v) is 1.90. The van der Waals surface area contributed by atoms with Crippen LogP contribution >= 0.6 is 11.3 Å². The lowest BCUT2D eigenvalue weighted by atomic mass is 10.1. The number of nitrogens with zero attached hydrogens (tertiary/aromatic N) is 2. The normalized spacial score (nSPS) is 10.5. The van der Waals surface area contributed by atoms with E-state index in [4.69, 9.17) is 5.73 Å². The van der Waals surface area contributed by atoms with Crippen molar-refractivity contribution in [3.05, 3.63) is 5.01 Å². The van der Waals surface area contributed by atoms with Crippen LogP contribution in [0.15, 0.2) is 0 Å². The van der Waals surface area contributed by atoms with E-state index in [2.05, 4.69) is 17.1 Å². The molecular weight excluding hydrogens is 182 g/mol. The van der Waals surface area contributed by atoms with Gasteiger partial charge in [0.15, 0.2) is 0 Å². The fourth-order valence-electron chi connectivity index (χ4n) is 1.25. The van der Waals surface area contributed by atoms with Crippen LogP contribution in [0.25, 0.3) is 0 Å². The molecule has 1 heterocycles. The first-order valence-electron chi connectivity index (χ1n) is 4.90. The van der Waals surface area contributed by atoms with Gasteiger partial charge in [-0.2, -0.15) is 0 Å². The molecule has 0 aliphatic carbocycles. The summed E-state index contributed by atoms with van der Waals surface area (Å²) in [5.41, 5.74) is 5.48. The average molecular weight is 199 g/mol. The number of unbranched alkanes of at least 4 members (excludes halogenated alkanes) is 4. The van der Waals surface area contributed by atoms with Crippen LogP contribution in [-0.4, -0.2) is 10.2 Å². The standard InChI is InChI=1S/C9H17N3S/c1-2-3-4-5-6-7-8-11-12-9(10)13-8/h2-7H2,1H3,(H2,10,12). The highest BCUT2D eigenvalue weighted by atomic mass is 32.1. The van der Waals surface area contributed by atoms with Crippen LogP contribution in [-0.2, 0) is 6.42 Å². The van der Waals surface area contributed by atoms with Gasteiger partial charge < -0.3 is 5.73 Å². The lowest BCUT2D eigenvalue weighted by Crippen LogP contribution is -1.85. The van der Waals surface area contributed by atoms with Crippen molar-refractivity contribution in [3.63, 3.8) is 0 Å². The maximum atomic E-state index is 5.48. The van der Waals surface area contributed by atoms with Gasteiger partial charge in [-0.05, 0) is 6.42 Å². The number of aromatic nitrogens is 2. The number of rotatable bonds is 6. The van der Waals surface area contributed by atoms with E-state index in [9.17, 15) is 0 Å². The van der Waals surface area contributed by atoms with Gasteiger partial charge in [-0.3, -0.25) is 0 Å². The first-order chi connectivity index (χ1) is 6.33. The summed E-state index contributed by atoms with van der Waals surface area (Å²) < 4.78 is 0. The zero-order valence-electron chi connectivity index (χ0n) is 8.12. The summed E-state index contributed by atoms with van der Waals surface area (Å²) >= 11 is 1.51. The van der Waals surface area contributed by atoms with Crippen molar-refractivity contribution >= 4 is 16.5 Å². The second kappa shape index (κ2) is 5.91. The van der Waals surface area contributed by atoms with Gasteiger partial charge in [0.05, 0.1) is 0 Å². The van der Waals surface area contributed by atoms with E-state index in [0.29, 0.717) is 5.13 Å². The van der Waals surface area contributed by atoms with E-state index in [1.165, 1.54) is 43.4 Å². The van der Waals surface area contributed by atoms with Crippen molar-refractivity contribution in [1.29, 1.82) is 0 Å². The Kier molecular flexibility index (Phi) is 4.75. The third-order valence-electron chi connectivity index (χ3n) is 1.98. The first kappa shape index (κ1) is 10.4. The number of aryl methyl sites for hydroxylation is 1. The van der Waals surface area contributed by atoms with E-state index < -0.39 is 0 Å². The molecule has 0 spiro atoms. The Morgan fingerprint density at radius 3 is 2.54 bits per heavy atom. The molecule has 0 aliphatic heterocycles. The lowest BCUT2D eigenvalue weighted by molar-refractivity contribution is 0.630. The predicted molar refractivity (Wildman–Crippen MR) is 56.8 cm³/mol. The highest BCUT2D eigenvalue weighted by molar-refractivity contribution is 7.15. The summed E-state index contributed by atoms with van der Waals surface area (Å²) in [4.78, 5) is 0. The molecular formula is C9H17N3S. The van der Waals surface area contributed by atoms with Crippen molar-refractivity contribution in [2.75, 3.05) is 5.73 Å². The van der Waals surface area contributed by atoms with Crippen molar-refractivity contribution in [2.45, 2.75) is 45.4 Å². The molecule has 1 aromatic heterocycles. The van der Waals surface area contributed by atoms with Crippen LogP contribution < -0.4 is 5.73 Å². The summed E-state index contributed by atoms with van der Waals surface area (Å²) in [5.74, 6) is 0. The quantitative estimate of drug-likeness (QED) is 0.716. The molecule has 0 radical (unpaired) electrons. The van der Waals surface area contributed by atoms with Gasteiger partial charge in [-0.15, -0.1) is 10.2 Å². The van der Waals surface area contributed by atoms with Gasteiger partial charge >= 0.3 is 0 Å². The smallest absolute Gasteiger partial charge is 0.203 e. The van der Waals surface area contributed by atoms with Gasteiger partial charge in [0.25, 0.3) is 0 Å². The maximum absolute atomic E-state index is 5.48. The minimum absolute atomic E-state index is 0.587. The van der Waals surface area contributed by atoms with Gasteiger partial charge in [-0.25, -0.2) is 0 Å². The van der Waals surface area contributed by atoms with Crippen LogP contribution in [0.5, 0.6) is 0 Å². The highest BCUT2D eigenvalue weighted by Gasteiger charge is 1.99. The summed E-state index contributed by atoms with van der Waals surface area (Å²) in [6, 6.07) is 0. The van der Waals surface area contributed by atoms with E-state index in [1.54, 1.807) is 0 Å². The fraction of sp³-hybridized carbons (Fsp3) is 0.778. The largest absolute Gasteiger partial charge is 0.374 e. The van der Waals surface area contributed by atoms with Crippen LogP contribution in [0.2, 0.25) is 0 Å². The predicted octanol–water partition coefficient (Wildman–Crippen LogP) is 2.63. The van der Waals surface area contributed by atoms with Gasteiger partial charge in [0.1, 0.15) is 5.01 Å². The number of anilines is 1. The number of hydrogen-bond acceptors (Lipinski definition) is 4. The average Bonchev–Trinajstić information content (AvgIpc) is 2.51. The Labute approximate surface area is 83.4 Å². The minimum Gasteiger partial charge on any atom is -0.374 e. The highest BCUT2D eigenvalue weighted by Crippen LogP contribution is 2.14. The molecule has 2 N–H and O–H groups in total. The third-order valence-corrected chi connectivity index (χ3v) is 2.79. The van der Waals surface area contributed by atoms with Crippen LogP contribution in [0, 0.1) is 0 Å². The molecule has 3 nitrogen and oxygen atoms in total. The van der Waals surface area contributed by atoms with Crippen LogP contribution in [0.4, 0.5) is 5.13 Å². The second-order valence-electron chi connectivity index (χ2n) is 3.20. The number of nitrogen functional groups attached to an aromatic ring is 1. The Balaban J connectivity index is 2.06. The van der Waals surface area contributed by atoms with Crippen molar-refractivity contribution in [1.82, 2.24) is 10.2 Å². The van der Waals surface area contributed by atoms with Crippen LogP contribution in [0.1, 0.15) is 44.0 Å². The molecule has 0 atom stereocenters. The Morgan fingerprint density at radius 2 is 1.92 bits per heavy atom. The zero-order chi connectivity index (χ0) is 9.52. The van der Waals surface area contributed by atoms with Crippen molar-refractivity contribution in [2.24, 2.45) is 0 Å². The molecule has 0 aliphatic rings. The number of hydrogen-bond donors (Lipinski definition) is 1. The molecule has 74 valence electrons.